The number of hydrogen-bond acceptors (Lipinski definition) is 3. The number of hydrogen-bond donors (Lipinski definition) is 1. The second-order valence-corrected chi connectivity index (χ2v) is 9.09. The Kier molecular flexibility index (Phi) is 6.70. The van der Waals surface area contributed by atoms with Gasteiger partial charge in [-0.2, -0.15) is 0 Å². The molecule has 0 amide bonds. The van der Waals surface area contributed by atoms with Gasteiger partial charge in [0, 0.05) is 29.7 Å². The number of nitrogens with one attached hydrogen (secondary N) is 1. The molecule has 1 aliphatic rings. The summed E-state index contributed by atoms with van der Waals surface area (Å²) < 4.78 is 0. The first-order valence-corrected chi connectivity index (χ1v) is 10.9. The van der Waals surface area contributed by atoms with Crippen molar-refractivity contribution in [2.24, 2.45) is 4.99 Å². The van der Waals surface area contributed by atoms with E-state index in [1.165, 1.54) is 39.2 Å². The Labute approximate surface area is 182 Å². The monoisotopic (exact) mass is 401 g/mol. The molecule has 2 aromatic carbocycles. The minimum absolute atomic E-state index is 0.443. The molecule has 0 saturated heterocycles. The Morgan fingerprint density at radius 2 is 1.57 bits per heavy atom. The van der Waals surface area contributed by atoms with Gasteiger partial charge in [0.05, 0.1) is 5.69 Å². The molecule has 0 unspecified atom stereocenters. The number of allylic oxidation sites excluding steroid dienone is 1. The van der Waals surface area contributed by atoms with Gasteiger partial charge in [-0.25, -0.2) is 0 Å². The summed E-state index contributed by atoms with van der Waals surface area (Å²) in [7, 11) is 0. The molecule has 0 fully saturated rings. The molecule has 1 N–H and O–H groups in total. The number of aliphatic imine (C=N–C) groups is 1. The van der Waals surface area contributed by atoms with Crippen LogP contribution in [-0.2, 0) is 0 Å². The summed E-state index contributed by atoms with van der Waals surface area (Å²) in [4.78, 5) is 7.30. The number of aryl methyl sites for hydroxylation is 3. The summed E-state index contributed by atoms with van der Waals surface area (Å²) in [6, 6.07) is 11.1. The van der Waals surface area contributed by atoms with Gasteiger partial charge in [-0.3, -0.25) is 4.99 Å². The maximum Gasteiger partial charge on any atom is 0.210 e. The molecule has 3 rings (SSSR count). The molecule has 0 aromatic heterocycles. The van der Waals surface area contributed by atoms with Crippen LogP contribution in [0.15, 0.2) is 47.2 Å². The van der Waals surface area contributed by atoms with Crippen LogP contribution in [0.25, 0.3) is 0 Å². The van der Waals surface area contributed by atoms with E-state index >= 15 is 0 Å². The minimum Gasteiger partial charge on any atom is -0.360 e. The van der Waals surface area contributed by atoms with Gasteiger partial charge < -0.3 is 10.2 Å². The lowest BCUT2D eigenvalue weighted by Crippen LogP contribution is -2.21. The van der Waals surface area contributed by atoms with Crippen molar-refractivity contribution in [3.05, 3.63) is 76.7 Å². The number of anilines is 1. The fraction of sp³-hybridized carbons (Fsp3) is 0.407. The van der Waals surface area contributed by atoms with Crippen LogP contribution >= 0.6 is 0 Å². The quantitative estimate of drug-likeness (QED) is 0.515. The summed E-state index contributed by atoms with van der Waals surface area (Å²) >= 11 is 0. The van der Waals surface area contributed by atoms with Crippen molar-refractivity contribution in [3.63, 3.8) is 0 Å². The first kappa shape index (κ1) is 22.1. The molecule has 0 atom stereocenters. The highest BCUT2D eigenvalue weighted by atomic mass is 15.3. The average molecular weight is 402 g/mol. The molecule has 2 aromatic rings. The lowest BCUT2D eigenvalue weighted by atomic mass is 9.93. The van der Waals surface area contributed by atoms with Crippen LogP contribution in [0.1, 0.15) is 80.7 Å². The van der Waals surface area contributed by atoms with Crippen LogP contribution in [0.4, 0.5) is 11.4 Å². The van der Waals surface area contributed by atoms with Gasteiger partial charge in [-0.05, 0) is 61.8 Å². The lowest BCUT2D eigenvalue weighted by molar-refractivity contribution is 0.834. The van der Waals surface area contributed by atoms with Crippen LogP contribution in [0, 0.1) is 27.4 Å². The summed E-state index contributed by atoms with van der Waals surface area (Å²) in [5.74, 6) is 0.886. The van der Waals surface area contributed by atoms with E-state index in [4.69, 9.17) is 4.99 Å². The van der Waals surface area contributed by atoms with Crippen molar-refractivity contribution in [1.82, 2.24) is 5.32 Å². The maximum atomic E-state index is 5.15. The SMILES string of the molecule is CC(CC1=CN[C]N1c1c(C)cc(C)cc1C)=Nc1c(C(C)C)cccc1C(C)C. The Bertz CT molecular complexity index is 930. The van der Waals surface area contributed by atoms with Gasteiger partial charge in [0.1, 0.15) is 0 Å². The second-order valence-electron chi connectivity index (χ2n) is 9.09. The average Bonchev–Trinajstić information content (AvgIpc) is 3.08. The first-order valence-electron chi connectivity index (χ1n) is 10.9. The Morgan fingerprint density at radius 3 is 2.10 bits per heavy atom. The lowest BCUT2D eigenvalue weighted by Gasteiger charge is -2.25. The predicted molar refractivity (Wildman–Crippen MR) is 130 cm³/mol. The van der Waals surface area contributed by atoms with Crippen molar-refractivity contribution in [2.45, 2.75) is 73.6 Å². The van der Waals surface area contributed by atoms with Crippen molar-refractivity contribution in [2.75, 3.05) is 4.90 Å². The van der Waals surface area contributed by atoms with Crippen LogP contribution < -0.4 is 10.2 Å². The molecular formula is C27H35N3. The van der Waals surface area contributed by atoms with Crippen LogP contribution in [0.5, 0.6) is 0 Å². The van der Waals surface area contributed by atoms with Gasteiger partial charge in [0.2, 0.25) is 6.67 Å². The summed E-state index contributed by atoms with van der Waals surface area (Å²) in [5.41, 5.74) is 11.1. The number of nitrogens with zero attached hydrogens (tertiary/aromatic N) is 2. The zero-order valence-electron chi connectivity index (χ0n) is 19.7. The molecule has 2 radical (unpaired) electrons. The topological polar surface area (TPSA) is 27.6 Å². The van der Waals surface area contributed by atoms with Crippen LogP contribution in [0.3, 0.4) is 0 Å². The van der Waals surface area contributed by atoms with E-state index in [9.17, 15) is 0 Å². The van der Waals surface area contributed by atoms with E-state index < -0.39 is 0 Å². The molecular weight excluding hydrogens is 366 g/mol. The fourth-order valence-corrected chi connectivity index (χ4v) is 4.30. The third kappa shape index (κ3) is 4.61. The summed E-state index contributed by atoms with van der Waals surface area (Å²) in [6.45, 7) is 20.9. The molecule has 158 valence electrons. The van der Waals surface area contributed by atoms with Gasteiger partial charge in [0.25, 0.3) is 0 Å². The smallest absolute Gasteiger partial charge is 0.210 e. The standard InChI is InChI=1S/C27H35N3/c1-17(2)24-10-9-11-25(18(3)4)26(24)29-22(8)14-23-15-28-16-30(23)27-20(6)12-19(5)13-21(27)7/h9-13,15,17-18,28H,14H2,1-8H3. The largest absolute Gasteiger partial charge is 0.360 e. The van der Waals surface area contributed by atoms with Crippen LogP contribution in [-0.4, -0.2) is 5.71 Å². The van der Waals surface area contributed by atoms with E-state index in [0.29, 0.717) is 11.8 Å². The van der Waals surface area contributed by atoms with Crippen molar-refractivity contribution >= 4 is 17.1 Å². The number of rotatable bonds is 6. The van der Waals surface area contributed by atoms with Gasteiger partial charge >= 0.3 is 0 Å². The van der Waals surface area contributed by atoms with E-state index in [1.54, 1.807) is 0 Å². The Hall–Kier alpha value is -2.55. The first-order chi connectivity index (χ1) is 14.2. The summed E-state index contributed by atoms with van der Waals surface area (Å²) in [5, 5.41) is 3.18. The zero-order chi connectivity index (χ0) is 22.0. The van der Waals surface area contributed by atoms with E-state index in [2.05, 4.69) is 103 Å². The van der Waals surface area contributed by atoms with E-state index in [-0.39, 0.29) is 0 Å². The molecule has 1 aliphatic heterocycles. The van der Waals surface area contributed by atoms with E-state index in [0.717, 1.165) is 17.8 Å². The third-order valence-electron chi connectivity index (χ3n) is 5.64. The molecule has 0 bridgehead atoms. The van der Waals surface area contributed by atoms with Crippen molar-refractivity contribution < 1.29 is 0 Å². The van der Waals surface area contributed by atoms with Crippen LogP contribution in [0.2, 0.25) is 0 Å². The molecule has 0 saturated carbocycles. The fourth-order valence-electron chi connectivity index (χ4n) is 4.30. The van der Waals surface area contributed by atoms with Gasteiger partial charge in [0.15, 0.2) is 0 Å². The molecule has 1 heterocycles. The predicted octanol–water partition coefficient (Wildman–Crippen LogP) is 7.29. The maximum absolute atomic E-state index is 5.15. The molecule has 3 heteroatoms. The van der Waals surface area contributed by atoms with Gasteiger partial charge in [-0.1, -0.05) is 63.6 Å². The Morgan fingerprint density at radius 1 is 1.00 bits per heavy atom. The molecule has 0 aliphatic carbocycles. The third-order valence-corrected chi connectivity index (χ3v) is 5.64. The van der Waals surface area contributed by atoms with Gasteiger partial charge in [-0.15, -0.1) is 0 Å². The van der Waals surface area contributed by atoms with E-state index in [1.807, 2.05) is 6.20 Å². The molecule has 3 nitrogen and oxygen atoms in total. The molecule has 30 heavy (non-hydrogen) atoms. The highest BCUT2D eigenvalue weighted by Gasteiger charge is 2.23. The highest BCUT2D eigenvalue weighted by molar-refractivity contribution is 5.88. The van der Waals surface area contributed by atoms with Crippen molar-refractivity contribution in [3.8, 4) is 0 Å². The highest BCUT2D eigenvalue weighted by Crippen LogP contribution is 2.36. The van der Waals surface area contributed by atoms with Crippen molar-refractivity contribution in [1.29, 1.82) is 0 Å². The second kappa shape index (κ2) is 9.07. The summed E-state index contributed by atoms with van der Waals surface area (Å²) in [6.07, 6.45) is 2.81. The molecule has 0 spiro atoms. The minimum atomic E-state index is 0.443. The Balaban J connectivity index is 1.93. The number of benzene rings is 2. The number of para-hydroxylation sites is 1. The normalized spacial score (nSPS) is 14.5. The zero-order valence-corrected chi connectivity index (χ0v) is 19.7.